The highest BCUT2D eigenvalue weighted by Gasteiger charge is 2.02. The minimum absolute atomic E-state index is 0. The molecule has 0 saturated carbocycles. The van der Waals surface area contributed by atoms with E-state index in [-0.39, 0.29) is 24.0 Å². The van der Waals surface area contributed by atoms with Crippen molar-refractivity contribution in [2.24, 2.45) is 4.99 Å². The van der Waals surface area contributed by atoms with E-state index in [1.165, 1.54) is 16.0 Å². The van der Waals surface area contributed by atoms with Gasteiger partial charge in [-0.2, -0.15) is 0 Å². The number of rotatable bonds is 6. The van der Waals surface area contributed by atoms with Crippen LogP contribution in [0.15, 0.2) is 40.7 Å². The van der Waals surface area contributed by atoms with Gasteiger partial charge in [0.1, 0.15) is 0 Å². The number of thioether (sulfide) groups is 1. The lowest BCUT2D eigenvalue weighted by molar-refractivity contribution is 0.856. The minimum Gasteiger partial charge on any atom is -0.357 e. The fourth-order valence-electron chi connectivity index (χ4n) is 1.66. The van der Waals surface area contributed by atoms with Gasteiger partial charge in [-0.15, -0.1) is 42.3 Å². The zero-order valence-corrected chi connectivity index (χ0v) is 15.5. The van der Waals surface area contributed by atoms with E-state index in [2.05, 4.69) is 60.5 Å². The second-order valence-electron chi connectivity index (χ2n) is 4.18. The van der Waals surface area contributed by atoms with Gasteiger partial charge >= 0.3 is 0 Å². The molecular formula is C15H24IN3S. The zero-order chi connectivity index (χ0) is 14.1. The Balaban J connectivity index is 0.00000361. The molecule has 0 aromatic heterocycles. The average molecular weight is 405 g/mol. The predicted octanol–water partition coefficient (Wildman–Crippen LogP) is 3.58. The van der Waals surface area contributed by atoms with E-state index in [4.69, 9.17) is 0 Å². The molecule has 0 aliphatic heterocycles. The van der Waals surface area contributed by atoms with Gasteiger partial charge in [-0.05, 0) is 37.3 Å². The fraction of sp³-hybridized carbons (Fsp3) is 0.400. The van der Waals surface area contributed by atoms with Crippen LogP contribution in [0.4, 0.5) is 0 Å². The number of hydrogen-bond acceptors (Lipinski definition) is 2. The summed E-state index contributed by atoms with van der Waals surface area (Å²) in [5, 5.41) is 6.42. The fourth-order valence-corrected chi connectivity index (χ4v) is 2.36. The first-order valence-corrected chi connectivity index (χ1v) is 7.70. The van der Waals surface area contributed by atoms with Gasteiger partial charge in [-0.1, -0.05) is 18.2 Å². The summed E-state index contributed by atoms with van der Waals surface area (Å²) in [6.07, 6.45) is 3.93. The Morgan fingerprint density at radius 1 is 1.40 bits per heavy atom. The molecule has 1 aromatic carbocycles. The van der Waals surface area contributed by atoms with Gasteiger partial charge in [0.15, 0.2) is 5.96 Å². The van der Waals surface area contributed by atoms with E-state index < -0.39 is 0 Å². The summed E-state index contributed by atoms with van der Waals surface area (Å²) in [5.74, 6) is 0.829. The molecule has 2 N–H and O–H groups in total. The van der Waals surface area contributed by atoms with Crippen LogP contribution in [0.2, 0.25) is 0 Å². The van der Waals surface area contributed by atoms with Crippen LogP contribution >= 0.6 is 35.7 Å². The minimum atomic E-state index is 0. The van der Waals surface area contributed by atoms with Crippen LogP contribution in [0, 0.1) is 6.92 Å². The van der Waals surface area contributed by atoms with E-state index in [1.807, 2.05) is 6.08 Å². The van der Waals surface area contributed by atoms with Gasteiger partial charge in [0, 0.05) is 18.0 Å². The number of benzene rings is 1. The third-order valence-corrected chi connectivity index (χ3v) is 3.43. The molecule has 1 rings (SSSR count). The summed E-state index contributed by atoms with van der Waals surface area (Å²) >= 11 is 1.77. The van der Waals surface area contributed by atoms with E-state index in [9.17, 15) is 0 Å². The first-order valence-electron chi connectivity index (χ1n) is 6.47. The van der Waals surface area contributed by atoms with Crippen molar-refractivity contribution in [3.05, 3.63) is 42.0 Å². The molecule has 0 aliphatic rings. The maximum atomic E-state index is 4.59. The molecule has 0 fully saturated rings. The highest BCUT2D eigenvalue weighted by Crippen LogP contribution is 2.22. The van der Waals surface area contributed by atoms with Crippen molar-refractivity contribution in [2.75, 3.05) is 19.3 Å². The number of nitrogens with zero attached hydrogens (tertiary/aromatic N) is 1. The number of halogens is 1. The Hall–Kier alpha value is -0.690. The van der Waals surface area contributed by atoms with Crippen molar-refractivity contribution >= 4 is 41.7 Å². The van der Waals surface area contributed by atoms with Crippen LogP contribution in [-0.4, -0.2) is 25.3 Å². The van der Waals surface area contributed by atoms with Gasteiger partial charge in [-0.3, -0.25) is 0 Å². The average Bonchev–Trinajstić information content (AvgIpc) is 2.42. The summed E-state index contributed by atoms with van der Waals surface area (Å²) in [5.41, 5.74) is 2.54. The third kappa shape index (κ3) is 6.65. The normalized spacial score (nSPS) is 10.7. The Morgan fingerprint density at radius 3 is 2.75 bits per heavy atom. The molecule has 0 heterocycles. The van der Waals surface area contributed by atoms with Crippen LogP contribution in [0.25, 0.3) is 0 Å². The first kappa shape index (κ1) is 19.3. The van der Waals surface area contributed by atoms with Crippen LogP contribution in [0.3, 0.4) is 0 Å². The topological polar surface area (TPSA) is 36.4 Å². The van der Waals surface area contributed by atoms with Gasteiger partial charge in [0.05, 0.1) is 6.54 Å². The first-order chi connectivity index (χ1) is 9.21. The maximum Gasteiger partial charge on any atom is 0.191 e. The molecule has 0 unspecified atom stereocenters. The monoisotopic (exact) mass is 405 g/mol. The summed E-state index contributed by atoms with van der Waals surface area (Å²) in [6, 6.07) is 6.50. The lowest BCUT2D eigenvalue weighted by atomic mass is 10.1. The second kappa shape index (κ2) is 11.0. The molecule has 3 nitrogen and oxygen atoms in total. The largest absolute Gasteiger partial charge is 0.357 e. The van der Waals surface area contributed by atoms with Crippen molar-refractivity contribution in [1.82, 2.24) is 10.6 Å². The quantitative estimate of drug-likeness (QED) is 0.250. The number of guanidine groups is 1. The number of hydrogen-bond donors (Lipinski definition) is 2. The van der Waals surface area contributed by atoms with Gasteiger partial charge < -0.3 is 10.6 Å². The standard InChI is InChI=1S/C15H23N3S.HI/c1-5-9-17-15(16-6-2)18-11-13-8-7-12(3)10-14(13)19-4;/h5,7-8,10H,1,6,9,11H2,2-4H3,(H2,16,17,18);1H. The van der Waals surface area contributed by atoms with Crippen LogP contribution in [0.5, 0.6) is 0 Å². The Morgan fingerprint density at radius 2 is 2.15 bits per heavy atom. The zero-order valence-electron chi connectivity index (χ0n) is 12.4. The Kier molecular flexibility index (Phi) is 10.6. The molecular weight excluding hydrogens is 381 g/mol. The lowest BCUT2D eigenvalue weighted by Gasteiger charge is -2.11. The van der Waals surface area contributed by atoms with Crippen LogP contribution in [0.1, 0.15) is 18.1 Å². The van der Waals surface area contributed by atoms with E-state index in [0.29, 0.717) is 6.54 Å². The van der Waals surface area contributed by atoms with Crippen molar-refractivity contribution < 1.29 is 0 Å². The molecule has 0 saturated heterocycles. The molecule has 20 heavy (non-hydrogen) atoms. The molecule has 5 heteroatoms. The lowest BCUT2D eigenvalue weighted by Crippen LogP contribution is -2.37. The Labute approximate surface area is 143 Å². The van der Waals surface area contributed by atoms with Gasteiger partial charge in [0.2, 0.25) is 0 Å². The molecule has 1 aromatic rings. The van der Waals surface area contributed by atoms with E-state index >= 15 is 0 Å². The van der Waals surface area contributed by atoms with Crippen LogP contribution in [-0.2, 0) is 6.54 Å². The van der Waals surface area contributed by atoms with Gasteiger partial charge in [-0.25, -0.2) is 4.99 Å². The molecule has 0 bridgehead atoms. The van der Waals surface area contributed by atoms with Crippen molar-refractivity contribution in [3.63, 3.8) is 0 Å². The van der Waals surface area contributed by atoms with Crippen molar-refractivity contribution in [3.8, 4) is 0 Å². The summed E-state index contributed by atoms with van der Waals surface area (Å²) in [7, 11) is 0. The van der Waals surface area contributed by atoms with Crippen molar-refractivity contribution in [1.29, 1.82) is 0 Å². The van der Waals surface area contributed by atoms with E-state index in [1.54, 1.807) is 11.8 Å². The molecule has 0 atom stereocenters. The highest BCUT2D eigenvalue weighted by molar-refractivity contribution is 14.0. The molecule has 0 amide bonds. The summed E-state index contributed by atoms with van der Waals surface area (Å²) in [4.78, 5) is 5.89. The third-order valence-electron chi connectivity index (χ3n) is 2.61. The Bertz CT molecular complexity index is 447. The molecule has 0 aliphatic carbocycles. The SMILES string of the molecule is C=CCNC(=NCc1ccc(C)cc1SC)NCC.I. The maximum absolute atomic E-state index is 4.59. The van der Waals surface area contributed by atoms with Crippen LogP contribution < -0.4 is 10.6 Å². The van der Waals surface area contributed by atoms with E-state index in [0.717, 1.165) is 19.0 Å². The summed E-state index contributed by atoms with van der Waals surface area (Å²) in [6.45, 7) is 10.1. The molecule has 0 radical (unpaired) electrons. The van der Waals surface area contributed by atoms with Gasteiger partial charge in [0.25, 0.3) is 0 Å². The highest BCUT2D eigenvalue weighted by atomic mass is 127. The number of aryl methyl sites for hydroxylation is 1. The number of nitrogens with one attached hydrogen (secondary N) is 2. The predicted molar refractivity (Wildman–Crippen MR) is 101 cm³/mol. The number of aliphatic imine (C=N–C) groups is 1. The second-order valence-corrected chi connectivity index (χ2v) is 5.03. The smallest absolute Gasteiger partial charge is 0.191 e. The molecule has 112 valence electrons. The summed E-state index contributed by atoms with van der Waals surface area (Å²) < 4.78 is 0. The molecule has 0 spiro atoms. The van der Waals surface area contributed by atoms with Crippen molar-refractivity contribution in [2.45, 2.75) is 25.3 Å².